The molecular weight excluding hydrogens is 248 g/mol. The molecule has 0 aliphatic rings. The highest BCUT2D eigenvalue weighted by Crippen LogP contribution is 2.17. The smallest absolute Gasteiger partial charge is 0.387 e. The van der Waals surface area contributed by atoms with Gasteiger partial charge in [-0.25, -0.2) is 0 Å². The van der Waals surface area contributed by atoms with E-state index < -0.39 is 6.61 Å². The molecule has 0 aromatic heterocycles. The Hall–Kier alpha value is -2.10. The molecular formula is C15H15F2NO. The van der Waals surface area contributed by atoms with E-state index in [2.05, 4.69) is 22.2 Å². The summed E-state index contributed by atoms with van der Waals surface area (Å²) in [6, 6.07) is 16.6. The van der Waals surface area contributed by atoms with Crippen molar-refractivity contribution in [1.82, 2.24) is 0 Å². The highest BCUT2D eigenvalue weighted by molar-refractivity contribution is 5.46. The second-order valence-corrected chi connectivity index (χ2v) is 4.07. The first kappa shape index (κ1) is 13.3. The summed E-state index contributed by atoms with van der Waals surface area (Å²) in [6.07, 6.45) is 0.913. The van der Waals surface area contributed by atoms with Gasteiger partial charge in [0.15, 0.2) is 0 Å². The quantitative estimate of drug-likeness (QED) is 0.852. The Morgan fingerprint density at radius 1 is 0.947 bits per heavy atom. The van der Waals surface area contributed by atoms with E-state index in [1.165, 1.54) is 17.7 Å². The zero-order valence-electron chi connectivity index (χ0n) is 10.4. The summed E-state index contributed by atoms with van der Waals surface area (Å²) in [4.78, 5) is 0. The lowest BCUT2D eigenvalue weighted by molar-refractivity contribution is -0.0498. The van der Waals surface area contributed by atoms with Gasteiger partial charge in [0.25, 0.3) is 0 Å². The van der Waals surface area contributed by atoms with Crippen molar-refractivity contribution in [1.29, 1.82) is 0 Å². The highest BCUT2D eigenvalue weighted by atomic mass is 19.3. The number of nitrogens with one attached hydrogen (secondary N) is 1. The molecule has 2 aromatic rings. The number of hydrogen-bond acceptors (Lipinski definition) is 2. The van der Waals surface area contributed by atoms with Crippen LogP contribution in [-0.2, 0) is 6.42 Å². The van der Waals surface area contributed by atoms with E-state index in [0.29, 0.717) is 0 Å². The fourth-order valence-electron chi connectivity index (χ4n) is 1.75. The summed E-state index contributed by atoms with van der Waals surface area (Å²) < 4.78 is 28.2. The molecule has 2 nitrogen and oxygen atoms in total. The fraction of sp³-hybridized carbons (Fsp3) is 0.200. The number of ether oxygens (including phenoxy) is 1. The lowest BCUT2D eigenvalue weighted by Gasteiger charge is -2.08. The third-order valence-electron chi connectivity index (χ3n) is 2.67. The monoisotopic (exact) mass is 263 g/mol. The number of benzene rings is 2. The van der Waals surface area contributed by atoms with Gasteiger partial charge in [0.2, 0.25) is 0 Å². The second kappa shape index (κ2) is 6.73. The summed E-state index contributed by atoms with van der Waals surface area (Å²) in [5.74, 6) is 0.170. The Kier molecular flexibility index (Phi) is 4.72. The van der Waals surface area contributed by atoms with Gasteiger partial charge in [-0.2, -0.15) is 8.78 Å². The van der Waals surface area contributed by atoms with Gasteiger partial charge in [0, 0.05) is 12.2 Å². The Balaban J connectivity index is 1.80. The molecule has 0 saturated carbocycles. The number of anilines is 1. The molecule has 1 N–H and O–H groups in total. The van der Waals surface area contributed by atoms with Crippen molar-refractivity contribution in [2.24, 2.45) is 0 Å². The van der Waals surface area contributed by atoms with Gasteiger partial charge in [-0.05, 0) is 36.2 Å². The van der Waals surface area contributed by atoms with E-state index in [1.807, 2.05) is 18.2 Å². The molecule has 0 amide bonds. The molecule has 2 aromatic carbocycles. The predicted molar refractivity (Wildman–Crippen MR) is 71.7 cm³/mol. The number of rotatable bonds is 6. The van der Waals surface area contributed by atoms with Gasteiger partial charge in [-0.15, -0.1) is 0 Å². The first-order valence-electron chi connectivity index (χ1n) is 6.07. The van der Waals surface area contributed by atoms with Crippen molar-refractivity contribution < 1.29 is 13.5 Å². The summed E-state index contributed by atoms with van der Waals surface area (Å²) in [6.45, 7) is -1.99. The van der Waals surface area contributed by atoms with Gasteiger partial charge in [0.1, 0.15) is 5.75 Å². The Bertz CT molecular complexity index is 485. The highest BCUT2D eigenvalue weighted by Gasteiger charge is 2.03. The van der Waals surface area contributed by atoms with E-state index in [0.717, 1.165) is 18.7 Å². The fourth-order valence-corrected chi connectivity index (χ4v) is 1.75. The van der Waals surface area contributed by atoms with E-state index in [1.54, 1.807) is 12.1 Å². The molecule has 0 aliphatic carbocycles. The van der Waals surface area contributed by atoms with Gasteiger partial charge in [-0.3, -0.25) is 0 Å². The van der Waals surface area contributed by atoms with Crippen LogP contribution in [0.2, 0.25) is 0 Å². The van der Waals surface area contributed by atoms with Crippen LogP contribution in [-0.4, -0.2) is 13.2 Å². The molecule has 0 atom stereocenters. The Labute approximate surface area is 111 Å². The average molecular weight is 263 g/mol. The predicted octanol–water partition coefficient (Wildman–Crippen LogP) is 3.94. The molecule has 0 bridgehead atoms. The normalized spacial score (nSPS) is 10.5. The van der Waals surface area contributed by atoms with E-state index in [9.17, 15) is 8.78 Å². The zero-order valence-corrected chi connectivity index (χ0v) is 10.4. The van der Waals surface area contributed by atoms with Crippen LogP contribution in [0.1, 0.15) is 5.56 Å². The van der Waals surface area contributed by atoms with Crippen molar-refractivity contribution in [3.05, 3.63) is 60.2 Å². The van der Waals surface area contributed by atoms with Gasteiger partial charge >= 0.3 is 6.61 Å². The van der Waals surface area contributed by atoms with Crippen LogP contribution < -0.4 is 10.1 Å². The SMILES string of the molecule is FC(F)Oc1ccc(NCCc2ccccc2)cc1. The standard InChI is InChI=1S/C15H15F2NO/c16-15(17)19-14-8-6-13(7-9-14)18-11-10-12-4-2-1-3-5-12/h1-9,15,18H,10-11H2. The third-order valence-corrected chi connectivity index (χ3v) is 2.67. The molecule has 4 heteroatoms. The molecule has 19 heavy (non-hydrogen) atoms. The molecule has 0 saturated heterocycles. The van der Waals surface area contributed by atoms with Crippen molar-refractivity contribution in [3.63, 3.8) is 0 Å². The molecule has 0 fully saturated rings. The minimum Gasteiger partial charge on any atom is -0.435 e. The summed E-state index contributed by atoms with van der Waals surface area (Å²) in [5, 5.41) is 3.23. The van der Waals surface area contributed by atoms with E-state index in [4.69, 9.17) is 0 Å². The summed E-state index contributed by atoms with van der Waals surface area (Å²) in [7, 11) is 0. The minimum absolute atomic E-state index is 0.170. The van der Waals surface area contributed by atoms with Crippen LogP contribution in [0.3, 0.4) is 0 Å². The molecule has 0 heterocycles. The number of hydrogen-bond donors (Lipinski definition) is 1. The van der Waals surface area contributed by atoms with E-state index >= 15 is 0 Å². The summed E-state index contributed by atoms with van der Waals surface area (Å²) >= 11 is 0. The van der Waals surface area contributed by atoms with E-state index in [-0.39, 0.29) is 5.75 Å². The molecule has 0 radical (unpaired) electrons. The maximum Gasteiger partial charge on any atom is 0.387 e. The molecule has 100 valence electrons. The molecule has 2 rings (SSSR count). The average Bonchev–Trinajstić information content (AvgIpc) is 2.41. The first-order valence-corrected chi connectivity index (χ1v) is 6.07. The summed E-state index contributed by atoms with van der Waals surface area (Å²) in [5.41, 5.74) is 2.14. The number of halogens is 2. The maximum absolute atomic E-state index is 12.0. The first-order chi connectivity index (χ1) is 9.24. The van der Waals surface area contributed by atoms with Crippen LogP contribution in [0.4, 0.5) is 14.5 Å². The third kappa shape index (κ3) is 4.58. The van der Waals surface area contributed by atoms with Gasteiger partial charge in [-0.1, -0.05) is 30.3 Å². The lowest BCUT2D eigenvalue weighted by atomic mass is 10.1. The van der Waals surface area contributed by atoms with Crippen molar-refractivity contribution >= 4 is 5.69 Å². The topological polar surface area (TPSA) is 21.3 Å². The van der Waals surface area contributed by atoms with Crippen molar-refractivity contribution in [2.45, 2.75) is 13.0 Å². The van der Waals surface area contributed by atoms with Crippen molar-refractivity contribution in [3.8, 4) is 5.75 Å². The number of alkyl halides is 2. The van der Waals surface area contributed by atoms with Crippen LogP contribution in [0.5, 0.6) is 5.75 Å². The van der Waals surface area contributed by atoms with Gasteiger partial charge < -0.3 is 10.1 Å². The Morgan fingerprint density at radius 2 is 1.63 bits per heavy atom. The van der Waals surface area contributed by atoms with Crippen LogP contribution in [0, 0.1) is 0 Å². The maximum atomic E-state index is 12.0. The minimum atomic E-state index is -2.78. The largest absolute Gasteiger partial charge is 0.435 e. The second-order valence-electron chi connectivity index (χ2n) is 4.07. The zero-order chi connectivity index (χ0) is 13.5. The van der Waals surface area contributed by atoms with Crippen LogP contribution in [0.15, 0.2) is 54.6 Å². The van der Waals surface area contributed by atoms with Gasteiger partial charge in [0.05, 0.1) is 0 Å². The van der Waals surface area contributed by atoms with Crippen LogP contribution >= 0.6 is 0 Å². The molecule has 0 aliphatic heterocycles. The molecule has 0 unspecified atom stereocenters. The lowest BCUT2D eigenvalue weighted by Crippen LogP contribution is -2.05. The Morgan fingerprint density at radius 3 is 2.26 bits per heavy atom. The molecule has 0 spiro atoms. The van der Waals surface area contributed by atoms with Crippen molar-refractivity contribution in [2.75, 3.05) is 11.9 Å². The van der Waals surface area contributed by atoms with Crippen LogP contribution in [0.25, 0.3) is 0 Å².